The lowest BCUT2D eigenvalue weighted by Gasteiger charge is -2.21. The van der Waals surface area contributed by atoms with Crippen LogP contribution in [0.4, 0.5) is 15.6 Å². The van der Waals surface area contributed by atoms with Crippen LogP contribution in [0.2, 0.25) is 0 Å². The predicted octanol–water partition coefficient (Wildman–Crippen LogP) is 2.48. The van der Waals surface area contributed by atoms with Crippen molar-refractivity contribution >= 4 is 33.9 Å². The van der Waals surface area contributed by atoms with Crippen molar-refractivity contribution in [3.8, 4) is 0 Å². The first-order valence-electron chi connectivity index (χ1n) is 10.1. The van der Waals surface area contributed by atoms with Crippen LogP contribution in [-0.2, 0) is 19.6 Å². The van der Waals surface area contributed by atoms with Gasteiger partial charge in [0.2, 0.25) is 5.13 Å². The second-order valence-corrected chi connectivity index (χ2v) is 8.26. The van der Waals surface area contributed by atoms with Gasteiger partial charge in [-0.3, -0.25) is 0 Å². The maximum absolute atomic E-state index is 11.6. The Morgan fingerprint density at radius 1 is 1.19 bits per heavy atom. The Morgan fingerprint density at radius 3 is 2.53 bits per heavy atom. The molecule has 0 fully saturated rings. The predicted molar refractivity (Wildman–Crippen MR) is 124 cm³/mol. The van der Waals surface area contributed by atoms with Gasteiger partial charge in [-0.15, -0.1) is 10.2 Å². The van der Waals surface area contributed by atoms with E-state index in [1.54, 1.807) is 12.6 Å². The summed E-state index contributed by atoms with van der Waals surface area (Å²) in [4.78, 5) is 11.6. The third kappa shape index (κ3) is 4.33. The molecular weight excluding hydrogens is 428 g/mol. The average molecular weight is 453 g/mol. The number of rotatable bonds is 5. The Hall–Kier alpha value is -3.34. The Balaban J connectivity index is 1.84. The summed E-state index contributed by atoms with van der Waals surface area (Å²) in [5, 5.41) is 40.6. The first-order chi connectivity index (χ1) is 15.5. The van der Waals surface area contributed by atoms with Gasteiger partial charge >= 0.3 is 6.03 Å². The molecule has 10 heteroatoms. The fourth-order valence-electron chi connectivity index (χ4n) is 3.71. The van der Waals surface area contributed by atoms with Crippen LogP contribution < -0.4 is 15.6 Å². The van der Waals surface area contributed by atoms with E-state index < -0.39 is 0 Å². The number of amides is 2. The number of nitrogens with zero attached hydrogens (tertiary/aromatic N) is 4. The molecule has 4 rings (SSSR count). The van der Waals surface area contributed by atoms with Crippen molar-refractivity contribution in [1.29, 1.82) is 0 Å². The summed E-state index contributed by atoms with van der Waals surface area (Å²) >= 11 is 1.41. The highest BCUT2D eigenvalue weighted by Gasteiger charge is 2.27. The maximum atomic E-state index is 11.6. The molecule has 1 aliphatic rings. The number of aromatic nitrogens is 2. The second-order valence-electron chi connectivity index (χ2n) is 7.44. The lowest BCUT2D eigenvalue weighted by Crippen LogP contribution is -2.29. The Kier molecular flexibility index (Phi) is 6.45. The zero-order valence-corrected chi connectivity index (χ0v) is 18.6. The molecule has 0 bridgehead atoms. The van der Waals surface area contributed by atoms with Crippen LogP contribution >= 0.6 is 11.3 Å². The van der Waals surface area contributed by atoms with E-state index in [9.17, 15) is 15.0 Å². The molecule has 1 unspecified atom stereocenters. The van der Waals surface area contributed by atoms with Gasteiger partial charge < -0.3 is 20.8 Å². The summed E-state index contributed by atoms with van der Waals surface area (Å²) < 4.78 is 0. The van der Waals surface area contributed by atoms with Gasteiger partial charge in [-0.05, 0) is 48.2 Å². The van der Waals surface area contributed by atoms with Crippen molar-refractivity contribution in [1.82, 2.24) is 15.5 Å². The number of hydrogen-bond acceptors (Lipinski definition) is 8. The van der Waals surface area contributed by atoms with Crippen LogP contribution in [0.15, 0.2) is 47.0 Å². The molecule has 0 radical (unpaired) electrons. The minimum Gasteiger partial charge on any atom is -0.392 e. The first kappa shape index (κ1) is 21.9. The lowest BCUT2D eigenvalue weighted by molar-refractivity contribution is 0.254. The minimum atomic E-state index is -0.296. The highest BCUT2D eigenvalue weighted by molar-refractivity contribution is 7.13. The van der Waals surface area contributed by atoms with E-state index in [-0.39, 0.29) is 25.3 Å². The Bertz CT molecular complexity index is 1130. The molecule has 2 amide bonds. The van der Waals surface area contributed by atoms with Crippen molar-refractivity contribution < 1.29 is 15.0 Å². The van der Waals surface area contributed by atoms with E-state index in [0.29, 0.717) is 34.1 Å². The molecule has 1 aromatic heterocycles. The molecule has 0 spiro atoms. The zero-order valence-electron chi connectivity index (χ0n) is 17.7. The van der Waals surface area contributed by atoms with E-state index in [1.807, 2.05) is 41.4 Å². The summed E-state index contributed by atoms with van der Waals surface area (Å²) in [7, 11) is 1.56. The number of hydrogen-bond donors (Lipinski definition) is 4. The number of fused-ring (bicyclic) bond motifs is 1. The maximum Gasteiger partial charge on any atom is 0.318 e. The molecule has 32 heavy (non-hydrogen) atoms. The van der Waals surface area contributed by atoms with Crippen LogP contribution in [0, 0.1) is 0 Å². The number of anilines is 2. The van der Waals surface area contributed by atoms with Crippen LogP contribution in [0.1, 0.15) is 34.7 Å². The first-order valence-corrected chi connectivity index (χ1v) is 11.0. The number of urea groups is 1. The van der Waals surface area contributed by atoms with E-state index in [4.69, 9.17) is 5.10 Å². The van der Waals surface area contributed by atoms with Crippen molar-refractivity contribution in [3.05, 3.63) is 69.7 Å². The molecule has 2 heterocycles. The molecule has 4 N–H and O–H groups in total. The molecule has 0 saturated carbocycles. The zero-order chi connectivity index (χ0) is 22.7. The van der Waals surface area contributed by atoms with Gasteiger partial charge in [0.1, 0.15) is 5.51 Å². The number of nitrogens with one attached hydrogen (secondary N) is 2. The number of benzene rings is 2. The normalized spacial score (nSPS) is 15.6. The van der Waals surface area contributed by atoms with E-state index >= 15 is 0 Å². The summed E-state index contributed by atoms with van der Waals surface area (Å²) in [5.74, 6) is 0. The minimum absolute atomic E-state index is 0.0000839. The van der Waals surface area contributed by atoms with Crippen LogP contribution in [0.3, 0.4) is 0 Å². The third-order valence-corrected chi connectivity index (χ3v) is 6.03. The molecule has 3 aromatic rings. The summed E-state index contributed by atoms with van der Waals surface area (Å²) in [6.07, 6.45) is 0.678. The highest BCUT2D eigenvalue weighted by Crippen LogP contribution is 2.30. The number of aliphatic hydroxyl groups excluding tert-OH is 2. The Morgan fingerprint density at radius 2 is 1.91 bits per heavy atom. The van der Waals surface area contributed by atoms with Crippen LogP contribution in [-0.4, -0.2) is 45.2 Å². The van der Waals surface area contributed by atoms with Gasteiger partial charge in [-0.25, -0.2) is 9.80 Å². The topological polar surface area (TPSA) is 123 Å². The monoisotopic (exact) mass is 452 g/mol. The number of aliphatic hydroxyl groups is 2. The van der Waals surface area contributed by atoms with Gasteiger partial charge in [0.15, 0.2) is 0 Å². The van der Waals surface area contributed by atoms with Gasteiger partial charge in [-0.1, -0.05) is 29.5 Å². The van der Waals surface area contributed by atoms with E-state index in [1.165, 1.54) is 11.3 Å². The van der Waals surface area contributed by atoms with E-state index in [2.05, 4.69) is 27.8 Å². The quantitative estimate of drug-likeness (QED) is 0.472. The molecular formula is C22H24N6O3S. The number of carbonyl (C=O) groups excluding carboxylic acids is 1. The van der Waals surface area contributed by atoms with Gasteiger partial charge in [0.05, 0.1) is 25.0 Å². The van der Waals surface area contributed by atoms with Crippen LogP contribution in [0.5, 0.6) is 0 Å². The van der Waals surface area contributed by atoms with Crippen molar-refractivity contribution in [2.24, 2.45) is 5.10 Å². The molecule has 1 atom stereocenters. The summed E-state index contributed by atoms with van der Waals surface area (Å²) in [6.45, 7) is 1.73. The standard InChI is InChI=1S/C22H24N6O3S/c1-13-7-15-8-16(10-29)17(11-30)9-19(15)20(27-28(13)22-26-24-12-32-22)14-3-5-18(6-4-14)25-21(31)23-2/h3-6,8-9,12-13,29-30H,7,10-11H2,1-2H3,(H2,23,25,31). The molecule has 0 aliphatic carbocycles. The fraction of sp³-hybridized carbons (Fsp3) is 0.273. The number of carbonyl (C=O) groups is 1. The van der Waals surface area contributed by atoms with E-state index in [0.717, 1.165) is 16.7 Å². The lowest BCUT2D eigenvalue weighted by atomic mass is 9.90. The van der Waals surface area contributed by atoms with Crippen LogP contribution in [0.25, 0.3) is 0 Å². The smallest absolute Gasteiger partial charge is 0.318 e. The third-order valence-electron chi connectivity index (χ3n) is 5.35. The molecule has 1 aliphatic heterocycles. The largest absolute Gasteiger partial charge is 0.392 e. The second kappa shape index (κ2) is 9.43. The summed E-state index contributed by atoms with van der Waals surface area (Å²) in [6, 6.07) is 10.9. The SMILES string of the molecule is CNC(=O)Nc1ccc(C2=NN(c3nncs3)C(C)Cc3cc(CO)c(CO)cc32)cc1. The van der Waals surface area contributed by atoms with Gasteiger partial charge in [0, 0.05) is 23.9 Å². The van der Waals surface area contributed by atoms with Crippen molar-refractivity contribution in [3.63, 3.8) is 0 Å². The number of hydrazone groups is 1. The van der Waals surface area contributed by atoms with Gasteiger partial charge in [0.25, 0.3) is 0 Å². The van der Waals surface area contributed by atoms with Crippen molar-refractivity contribution in [2.45, 2.75) is 32.6 Å². The molecule has 0 saturated heterocycles. The van der Waals surface area contributed by atoms with Crippen molar-refractivity contribution in [2.75, 3.05) is 17.4 Å². The molecule has 9 nitrogen and oxygen atoms in total. The average Bonchev–Trinajstić information content (AvgIpc) is 3.30. The molecule has 2 aromatic carbocycles. The summed E-state index contributed by atoms with van der Waals surface area (Å²) in [5.41, 5.74) is 7.16. The molecule has 166 valence electrons. The van der Waals surface area contributed by atoms with Gasteiger partial charge in [-0.2, -0.15) is 5.10 Å². The fourth-order valence-corrected chi connectivity index (χ4v) is 4.32. The highest BCUT2D eigenvalue weighted by atomic mass is 32.1. The Labute approximate surface area is 189 Å².